The third kappa shape index (κ3) is 3.00. The normalized spacial score (nSPS) is 21.6. The first-order valence-electron chi connectivity index (χ1n) is 10.2. The van der Waals surface area contributed by atoms with Gasteiger partial charge < -0.3 is 14.5 Å². The number of H-pyrrole nitrogens is 1. The molecule has 2 fully saturated rings. The van der Waals surface area contributed by atoms with E-state index in [4.69, 9.17) is 20.7 Å². The molecular formula is C21H24N6OS. The third-order valence-corrected chi connectivity index (χ3v) is 7.04. The van der Waals surface area contributed by atoms with E-state index in [2.05, 4.69) is 32.9 Å². The average Bonchev–Trinajstić information content (AvgIpc) is 3.47. The van der Waals surface area contributed by atoms with Gasteiger partial charge in [-0.3, -0.25) is 5.10 Å². The van der Waals surface area contributed by atoms with Gasteiger partial charge in [0.05, 0.1) is 29.5 Å². The van der Waals surface area contributed by atoms with E-state index in [1.165, 1.54) is 11.5 Å². The van der Waals surface area contributed by atoms with Crippen molar-refractivity contribution in [2.75, 3.05) is 24.7 Å². The first-order chi connectivity index (χ1) is 14.1. The second-order valence-electron chi connectivity index (χ2n) is 8.14. The van der Waals surface area contributed by atoms with E-state index in [-0.39, 0.29) is 6.04 Å². The van der Waals surface area contributed by atoms with Gasteiger partial charge >= 0.3 is 0 Å². The van der Waals surface area contributed by atoms with Crippen molar-refractivity contribution in [1.82, 2.24) is 19.6 Å². The number of ether oxygens (including phenoxy) is 1. The Bertz CT molecular complexity index is 1090. The van der Waals surface area contributed by atoms with E-state index >= 15 is 0 Å². The molecule has 4 heterocycles. The molecule has 0 unspecified atom stereocenters. The predicted molar refractivity (Wildman–Crippen MR) is 114 cm³/mol. The van der Waals surface area contributed by atoms with Gasteiger partial charge in [-0.25, -0.2) is 11.6 Å². The molecule has 0 radical (unpaired) electrons. The Kier molecular flexibility index (Phi) is 4.52. The fourth-order valence-electron chi connectivity index (χ4n) is 4.58. The number of nitrogens with one attached hydrogen (secondary N) is 1. The van der Waals surface area contributed by atoms with Gasteiger partial charge in [0.25, 0.3) is 5.54 Å². The highest BCUT2D eigenvalue weighted by Crippen LogP contribution is 2.47. The number of rotatable bonds is 3. The highest BCUT2D eigenvalue weighted by Gasteiger charge is 2.45. The van der Waals surface area contributed by atoms with E-state index < -0.39 is 5.54 Å². The van der Waals surface area contributed by atoms with E-state index in [0.29, 0.717) is 13.2 Å². The van der Waals surface area contributed by atoms with E-state index in [1.807, 2.05) is 13.0 Å². The molecule has 1 N–H and O–H groups in total. The lowest BCUT2D eigenvalue weighted by atomic mass is 9.89. The molecule has 0 aromatic carbocycles. The van der Waals surface area contributed by atoms with Crippen LogP contribution in [0.15, 0.2) is 12.1 Å². The minimum absolute atomic E-state index is 0.247. The lowest BCUT2D eigenvalue weighted by Crippen LogP contribution is -2.44. The van der Waals surface area contributed by atoms with Crippen LogP contribution in [0.5, 0.6) is 0 Å². The highest BCUT2D eigenvalue weighted by atomic mass is 32.1. The number of morpholine rings is 1. The summed E-state index contributed by atoms with van der Waals surface area (Å²) < 4.78 is 11.4. The van der Waals surface area contributed by atoms with E-state index in [1.54, 1.807) is 0 Å². The Morgan fingerprint density at radius 2 is 2.17 bits per heavy atom. The minimum atomic E-state index is -0.462. The minimum Gasteiger partial charge on any atom is -0.377 e. The number of aromatic amines is 1. The van der Waals surface area contributed by atoms with Crippen molar-refractivity contribution in [3.8, 4) is 11.4 Å². The molecule has 7 nitrogen and oxygen atoms in total. The van der Waals surface area contributed by atoms with Gasteiger partial charge in [0.2, 0.25) is 0 Å². The fourth-order valence-corrected chi connectivity index (χ4v) is 5.51. The van der Waals surface area contributed by atoms with Crippen LogP contribution in [0.1, 0.15) is 43.9 Å². The summed E-state index contributed by atoms with van der Waals surface area (Å²) in [5.41, 5.74) is 4.10. The summed E-state index contributed by atoms with van der Waals surface area (Å²) in [6, 6.07) is 4.41. The molecule has 29 heavy (non-hydrogen) atoms. The number of aromatic nitrogens is 4. The molecule has 0 bridgehead atoms. The Balaban J connectivity index is 1.74. The van der Waals surface area contributed by atoms with Gasteiger partial charge in [0, 0.05) is 25.1 Å². The number of fused-ring (bicyclic) bond motifs is 1. The van der Waals surface area contributed by atoms with E-state index in [0.717, 1.165) is 70.9 Å². The largest absolute Gasteiger partial charge is 0.377 e. The second kappa shape index (κ2) is 7.08. The lowest BCUT2D eigenvalue weighted by molar-refractivity contribution is 0.0985. The fraction of sp³-hybridized carbons (Fsp3) is 0.524. The maximum atomic E-state index is 8.03. The van der Waals surface area contributed by atoms with Crippen LogP contribution in [0.3, 0.4) is 0 Å². The zero-order valence-electron chi connectivity index (χ0n) is 16.7. The van der Waals surface area contributed by atoms with Gasteiger partial charge in [0.1, 0.15) is 22.7 Å². The molecule has 8 heteroatoms. The lowest BCUT2D eigenvalue weighted by Gasteiger charge is -2.34. The Morgan fingerprint density at radius 3 is 2.86 bits per heavy atom. The summed E-state index contributed by atoms with van der Waals surface area (Å²) in [6.45, 7) is 14.4. The SMILES string of the molecule is [C-]#[N+]C1(c2cc(N3CCOC[C@H]3C)nc3c(-c4cc(C)[nH]n4)nsc23)CCCC1. The van der Waals surface area contributed by atoms with Crippen molar-refractivity contribution < 1.29 is 4.74 Å². The van der Waals surface area contributed by atoms with Crippen molar-refractivity contribution in [2.45, 2.75) is 51.1 Å². The molecule has 2 aliphatic rings. The highest BCUT2D eigenvalue weighted by molar-refractivity contribution is 7.13. The summed E-state index contributed by atoms with van der Waals surface area (Å²) in [5, 5.41) is 7.42. The second-order valence-corrected chi connectivity index (χ2v) is 8.91. The van der Waals surface area contributed by atoms with Crippen LogP contribution in [0.2, 0.25) is 0 Å². The molecule has 0 spiro atoms. The number of hydrogen-bond donors (Lipinski definition) is 1. The maximum Gasteiger partial charge on any atom is 0.259 e. The number of aryl methyl sites for hydroxylation is 1. The molecular weight excluding hydrogens is 384 g/mol. The zero-order valence-corrected chi connectivity index (χ0v) is 17.6. The molecule has 1 aliphatic heterocycles. The summed E-state index contributed by atoms with van der Waals surface area (Å²) in [4.78, 5) is 11.5. The van der Waals surface area contributed by atoms with Crippen molar-refractivity contribution in [3.05, 3.63) is 34.8 Å². The Hall–Kier alpha value is -2.50. The molecule has 150 valence electrons. The number of hydrogen-bond acceptors (Lipinski definition) is 6. The molecule has 1 saturated heterocycles. The number of anilines is 1. The predicted octanol–water partition coefficient (Wildman–Crippen LogP) is 4.30. The molecule has 3 aromatic heterocycles. The number of pyridine rings is 1. The Morgan fingerprint density at radius 1 is 1.34 bits per heavy atom. The molecule has 5 rings (SSSR count). The average molecular weight is 409 g/mol. The molecule has 3 aromatic rings. The van der Waals surface area contributed by atoms with Gasteiger partial charge in [-0.2, -0.15) is 9.47 Å². The van der Waals surface area contributed by atoms with Crippen molar-refractivity contribution in [1.29, 1.82) is 0 Å². The first-order valence-corrected chi connectivity index (χ1v) is 10.9. The standard InChI is InChI=1S/C21H24N6OS/c1-13-10-16(25-24-13)18-19-20(29-26-18)15(21(22-3)6-4-5-7-21)11-17(23-19)27-8-9-28-12-14(27)2/h10-11,14H,4-9,12H2,1-2H3,(H,24,25)/t14-/m1/s1. The zero-order chi connectivity index (χ0) is 20.0. The van der Waals surface area contributed by atoms with Crippen LogP contribution >= 0.6 is 11.5 Å². The topological polar surface area (TPSA) is 71.3 Å². The van der Waals surface area contributed by atoms with E-state index in [9.17, 15) is 0 Å². The summed E-state index contributed by atoms with van der Waals surface area (Å²) in [5.74, 6) is 0.923. The maximum absolute atomic E-state index is 8.03. The van der Waals surface area contributed by atoms with Crippen LogP contribution in [0, 0.1) is 13.5 Å². The Labute approximate surface area is 174 Å². The summed E-state index contributed by atoms with van der Waals surface area (Å²) in [7, 11) is 0. The van der Waals surface area contributed by atoms with Crippen LogP contribution in [-0.2, 0) is 10.3 Å². The smallest absolute Gasteiger partial charge is 0.259 e. The van der Waals surface area contributed by atoms with Gasteiger partial charge in [-0.05, 0) is 50.4 Å². The van der Waals surface area contributed by atoms with Crippen LogP contribution in [0.4, 0.5) is 5.82 Å². The molecule has 0 amide bonds. The van der Waals surface area contributed by atoms with Crippen LogP contribution in [-0.4, -0.2) is 45.4 Å². The summed E-state index contributed by atoms with van der Waals surface area (Å²) >= 11 is 1.45. The van der Waals surface area contributed by atoms with Gasteiger partial charge in [0.15, 0.2) is 0 Å². The van der Waals surface area contributed by atoms with Crippen LogP contribution < -0.4 is 4.90 Å². The van der Waals surface area contributed by atoms with Gasteiger partial charge in [-0.15, -0.1) is 0 Å². The first kappa shape index (κ1) is 18.5. The monoisotopic (exact) mass is 408 g/mol. The van der Waals surface area contributed by atoms with Crippen molar-refractivity contribution in [2.24, 2.45) is 0 Å². The third-order valence-electron chi connectivity index (χ3n) is 6.17. The molecule has 1 saturated carbocycles. The van der Waals surface area contributed by atoms with Gasteiger partial charge in [-0.1, -0.05) is 0 Å². The van der Waals surface area contributed by atoms with Crippen molar-refractivity contribution in [3.63, 3.8) is 0 Å². The molecule has 1 atom stereocenters. The van der Waals surface area contributed by atoms with Crippen LogP contribution in [0.25, 0.3) is 26.4 Å². The quantitative estimate of drug-likeness (QED) is 0.654. The van der Waals surface area contributed by atoms with Crippen molar-refractivity contribution >= 4 is 27.6 Å². The number of nitrogens with zero attached hydrogens (tertiary/aromatic N) is 5. The summed E-state index contributed by atoms with van der Waals surface area (Å²) in [6.07, 6.45) is 4.00. The molecule has 1 aliphatic carbocycles.